The zero-order valence-electron chi connectivity index (χ0n) is 20.2. The summed E-state index contributed by atoms with van der Waals surface area (Å²) in [6.07, 6.45) is 1.75. The van der Waals surface area contributed by atoms with Gasteiger partial charge in [0, 0.05) is 5.56 Å². The van der Waals surface area contributed by atoms with Crippen LogP contribution < -0.4 is 29.1 Å². The molecule has 1 aliphatic heterocycles. The number of hydrogen-bond donors (Lipinski definition) is 0. The van der Waals surface area contributed by atoms with E-state index in [0.29, 0.717) is 49.0 Å². The van der Waals surface area contributed by atoms with Crippen molar-refractivity contribution >= 4 is 23.4 Å². The molecule has 2 heterocycles. The van der Waals surface area contributed by atoms with Gasteiger partial charge in [0.05, 0.1) is 49.8 Å². The summed E-state index contributed by atoms with van der Waals surface area (Å²) in [4.78, 5) is 31.8. The van der Waals surface area contributed by atoms with Crippen molar-refractivity contribution in [1.82, 2.24) is 4.57 Å². The Morgan fingerprint density at radius 1 is 1.09 bits per heavy atom. The van der Waals surface area contributed by atoms with Crippen LogP contribution in [0.4, 0.5) is 0 Å². The molecule has 9 heteroatoms. The van der Waals surface area contributed by atoms with Gasteiger partial charge in [-0.2, -0.15) is 0 Å². The van der Waals surface area contributed by atoms with Gasteiger partial charge in [-0.3, -0.25) is 9.36 Å². The summed E-state index contributed by atoms with van der Waals surface area (Å²) in [5.74, 6) is 1.35. The molecule has 35 heavy (non-hydrogen) atoms. The van der Waals surface area contributed by atoms with Crippen LogP contribution in [0.3, 0.4) is 0 Å². The number of thiazole rings is 1. The number of rotatable bonds is 7. The molecule has 1 atom stereocenters. The fourth-order valence-electron chi connectivity index (χ4n) is 4.01. The molecule has 0 bridgehead atoms. The Morgan fingerprint density at radius 3 is 2.51 bits per heavy atom. The van der Waals surface area contributed by atoms with Crippen molar-refractivity contribution in [3.05, 3.63) is 84.5 Å². The largest absolute Gasteiger partial charge is 0.497 e. The van der Waals surface area contributed by atoms with Crippen molar-refractivity contribution in [2.75, 3.05) is 27.9 Å². The Morgan fingerprint density at radius 2 is 1.83 bits per heavy atom. The maximum Gasteiger partial charge on any atom is 0.338 e. The number of methoxy groups -OCH3 is 3. The quantitative estimate of drug-likeness (QED) is 0.470. The molecule has 0 aliphatic carbocycles. The van der Waals surface area contributed by atoms with E-state index in [9.17, 15) is 9.59 Å². The van der Waals surface area contributed by atoms with Gasteiger partial charge in [0.1, 0.15) is 17.2 Å². The Balaban J connectivity index is 1.98. The smallest absolute Gasteiger partial charge is 0.338 e. The molecule has 0 saturated heterocycles. The number of carbonyl (C=O) groups excluding carboxylic acids is 1. The zero-order valence-corrected chi connectivity index (χ0v) is 21.0. The number of ether oxygens (including phenoxy) is 4. The van der Waals surface area contributed by atoms with Crippen molar-refractivity contribution in [2.24, 2.45) is 4.99 Å². The molecule has 0 radical (unpaired) electrons. The molecule has 0 unspecified atom stereocenters. The van der Waals surface area contributed by atoms with Gasteiger partial charge in [0.25, 0.3) is 5.56 Å². The van der Waals surface area contributed by atoms with Crippen LogP contribution in [0, 0.1) is 0 Å². The van der Waals surface area contributed by atoms with Crippen LogP contribution in [0.1, 0.15) is 31.0 Å². The fraction of sp³-hybridized carbons (Fsp3) is 0.269. The second kappa shape index (κ2) is 10.2. The molecule has 1 aliphatic rings. The minimum atomic E-state index is -0.713. The van der Waals surface area contributed by atoms with Gasteiger partial charge >= 0.3 is 5.97 Å². The van der Waals surface area contributed by atoms with Gasteiger partial charge < -0.3 is 18.9 Å². The Kier molecular flexibility index (Phi) is 7.07. The lowest BCUT2D eigenvalue weighted by Crippen LogP contribution is -2.39. The molecule has 2 aromatic carbocycles. The second-order valence-corrected chi connectivity index (χ2v) is 8.70. The first-order valence-electron chi connectivity index (χ1n) is 11.0. The maximum absolute atomic E-state index is 13.7. The minimum absolute atomic E-state index is 0.209. The lowest BCUT2D eigenvalue weighted by atomic mass is 9.95. The van der Waals surface area contributed by atoms with E-state index in [2.05, 4.69) is 4.99 Å². The van der Waals surface area contributed by atoms with Gasteiger partial charge in [0.2, 0.25) is 0 Å². The van der Waals surface area contributed by atoms with E-state index < -0.39 is 12.0 Å². The topological polar surface area (TPSA) is 88.4 Å². The third-order valence-corrected chi connectivity index (χ3v) is 6.63. The summed E-state index contributed by atoms with van der Waals surface area (Å²) < 4.78 is 23.5. The number of benzene rings is 2. The summed E-state index contributed by atoms with van der Waals surface area (Å²) in [5, 5.41) is 0. The van der Waals surface area contributed by atoms with Gasteiger partial charge in [-0.1, -0.05) is 23.5 Å². The van der Waals surface area contributed by atoms with Crippen LogP contribution in [-0.4, -0.2) is 38.5 Å². The third kappa shape index (κ3) is 4.59. The first-order valence-corrected chi connectivity index (χ1v) is 11.8. The number of esters is 1. The highest BCUT2D eigenvalue weighted by atomic mass is 32.1. The Labute approximate surface area is 206 Å². The highest BCUT2D eigenvalue weighted by Crippen LogP contribution is 2.32. The van der Waals surface area contributed by atoms with Crippen molar-refractivity contribution in [2.45, 2.75) is 19.9 Å². The number of aromatic nitrogens is 1. The van der Waals surface area contributed by atoms with Gasteiger partial charge in [-0.05, 0) is 55.8 Å². The predicted molar refractivity (Wildman–Crippen MR) is 133 cm³/mol. The monoisotopic (exact) mass is 494 g/mol. The highest BCUT2D eigenvalue weighted by molar-refractivity contribution is 7.07. The number of carbonyl (C=O) groups is 1. The highest BCUT2D eigenvalue weighted by Gasteiger charge is 2.33. The molecular formula is C26H26N2O6S. The molecule has 1 aromatic heterocycles. The minimum Gasteiger partial charge on any atom is -0.497 e. The molecule has 0 spiro atoms. The Bertz CT molecular complexity index is 1480. The van der Waals surface area contributed by atoms with Gasteiger partial charge in [-0.15, -0.1) is 0 Å². The average molecular weight is 495 g/mol. The normalized spacial score (nSPS) is 15.3. The molecule has 0 saturated carbocycles. The summed E-state index contributed by atoms with van der Waals surface area (Å²) in [5.41, 5.74) is 1.95. The Hall–Kier alpha value is -3.85. The van der Waals surface area contributed by atoms with E-state index in [-0.39, 0.29) is 12.2 Å². The van der Waals surface area contributed by atoms with Crippen LogP contribution in [0.5, 0.6) is 17.2 Å². The molecule has 3 aromatic rings. The summed E-state index contributed by atoms with van der Waals surface area (Å²) in [6.45, 7) is 3.70. The molecule has 8 nitrogen and oxygen atoms in total. The molecule has 0 fully saturated rings. The molecular weight excluding hydrogens is 468 g/mol. The van der Waals surface area contributed by atoms with E-state index in [1.165, 1.54) is 15.9 Å². The lowest BCUT2D eigenvalue weighted by Gasteiger charge is -2.25. The number of hydrogen-bond acceptors (Lipinski definition) is 8. The average Bonchev–Trinajstić information content (AvgIpc) is 3.17. The van der Waals surface area contributed by atoms with Crippen molar-refractivity contribution < 1.29 is 23.7 Å². The van der Waals surface area contributed by atoms with Crippen LogP contribution in [0.15, 0.2) is 63.5 Å². The van der Waals surface area contributed by atoms with E-state index in [4.69, 9.17) is 18.9 Å². The lowest BCUT2D eigenvalue weighted by molar-refractivity contribution is -0.139. The number of nitrogens with zero attached hydrogens (tertiary/aromatic N) is 2. The summed E-state index contributed by atoms with van der Waals surface area (Å²) in [6, 6.07) is 11.9. The summed E-state index contributed by atoms with van der Waals surface area (Å²) >= 11 is 1.24. The van der Waals surface area contributed by atoms with E-state index >= 15 is 0 Å². The predicted octanol–water partition coefficient (Wildman–Crippen LogP) is 2.82. The number of allylic oxidation sites excluding steroid dienone is 1. The number of fused-ring (bicyclic) bond motifs is 1. The summed E-state index contributed by atoms with van der Waals surface area (Å²) in [7, 11) is 4.71. The van der Waals surface area contributed by atoms with Crippen molar-refractivity contribution in [1.29, 1.82) is 0 Å². The van der Waals surface area contributed by atoms with Crippen molar-refractivity contribution in [3.63, 3.8) is 0 Å². The molecule has 0 amide bonds. The first-order chi connectivity index (χ1) is 16.9. The first kappa shape index (κ1) is 24.3. The maximum atomic E-state index is 13.7. The van der Waals surface area contributed by atoms with Crippen LogP contribution >= 0.6 is 11.3 Å². The zero-order chi connectivity index (χ0) is 25.1. The molecule has 4 rings (SSSR count). The molecule has 0 N–H and O–H groups in total. The van der Waals surface area contributed by atoms with Crippen molar-refractivity contribution in [3.8, 4) is 17.2 Å². The SMILES string of the molecule is CCOC(=O)C1=C(C)N=c2s/c(=C\c3cc(OC)ccc3OC)c(=O)n2[C@@H]1c1cccc(OC)c1. The second-order valence-electron chi connectivity index (χ2n) is 7.69. The van der Waals surface area contributed by atoms with Crippen LogP contribution in [-0.2, 0) is 9.53 Å². The van der Waals surface area contributed by atoms with Crippen LogP contribution in [0.2, 0.25) is 0 Å². The van der Waals surface area contributed by atoms with E-state index in [0.717, 1.165) is 0 Å². The fourth-order valence-corrected chi connectivity index (χ4v) is 5.05. The van der Waals surface area contributed by atoms with Crippen LogP contribution in [0.25, 0.3) is 6.08 Å². The van der Waals surface area contributed by atoms with E-state index in [1.807, 2.05) is 24.3 Å². The van der Waals surface area contributed by atoms with E-state index in [1.54, 1.807) is 59.5 Å². The third-order valence-electron chi connectivity index (χ3n) is 5.65. The van der Waals surface area contributed by atoms with Gasteiger partial charge in [0.15, 0.2) is 4.80 Å². The van der Waals surface area contributed by atoms with Gasteiger partial charge in [-0.25, -0.2) is 9.79 Å². The standard InChI is InChI=1S/C26H26N2O6S/c1-6-34-25(30)22-15(2)27-26-28(23(22)16-8-7-9-18(12-16)31-3)24(29)21(35-26)14-17-13-19(32-4)10-11-20(17)33-5/h7-14,23H,6H2,1-5H3/b21-14-/t23-/m1/s1. The molecule has 182 valence electrons.